The topological polar surface area (TPSA) is 84.7 Å². The highest BCUT2D eigenvalue weighted by atomic mass is 16.5. The molecule has 8 heteroatoms. The predicted molar refractivity (Wildman–Crippen MR) is 116 cm³/mol. The largest absolute Gasteiger partial charge is 0.497 e. The van der Waals surface area contributed by atoms with Crippen molar-refractivity contribution in [2.75, 3.05) is 33.3 Å². The van der Waals surface area contributed by atoms with Crippen LogP contribution >= 0.6 is 0 Å². The number of nitrogens with zero attached hydrogens (tertiary/aromatic N) is 4. The molecule has 0 atom stereocenters. The summed E-state index contributed by atoms with van der Waals surface area (Å²) < 4.78 is 6.54. The Labute approximate surface area is 179 Å². The third-order valence-electron chi connectivity index (χ3n) is 5.51. The number of hydrogen-bond donors (Lipinski definition) is 0. The third-order valence-corrected chi connectivity index (χ3v) is 5.51. The van der Waals surface area contributed by atoms with Crippen LogP contribution < -0.4 is 10.3 Å². The molecule has 1 aromatic heterocycles. The van der Waals surface area contributed by atoms with Crippen LogP contribution in [0.1, 0.15) is 5.56 Å². The molecule has 1 aliphatic heterocycles. The minimum Gasteiger partial charge on any atom is -0.497 e. The molecule has 0 bridgehead atoms. The van der Waals surface area contributed by atoms with Crippen LogP contribution in [0, 0.1) is 0 Å². The van der Waals surface area contributed by atoms with Gasteiger partial charge in [0.25, 0.3) is 5.56 Å². The van der Waals surface area contributed by atoms with Crippen molar-refractivity contribution in [3.63, 3.8) is 0 Å². The van der Waals surface area contributed by atoms with Gasteiger partial charge < -0.3 is 14.5 Å². The fourth-order valence-electron chi connectivity index (χ4n) is 3.74. The van der Waals surface area contributed by atoms with Gasteiger partial charge in [-0.15, -0.1) is 0 Å². The Hall–Kier alpha value is -3.68. The van der Waals surface area contributed by atoms with Crippen LogP contribution in [0.3, 0.4) is 0 Å². The second-order valence-electron chi connectivity index (χ2n) is 7.48. The summed E-state index contributed by atoms with van der Waals surface area (Å²) in [6, 6.07) is 14.5. The first-order valence-electron chi connectivity index (χ1n) is 10.2. The van der Waals surface area contributed by atoms with Gasteiger partial charge in [-0.2, -0.15) is 0 Å². The van der Waals surface area contributed by atoms with E-state index in [4.69, 9.17) is 4.74 Å². The van der Waals surface area contributed by atoms with E-state index in [0.717, 1.165) is 11.3 Å². The molecule has 1 saturated heterocycles. The number of hydrogen-bond acceptors (Lipinski definition) is 5. The predicted octanol–water partition coefficient (Wildman–Crippen LogP) is 1.32. The molecule has 2 aromatic carbocycles. The number of carbonyl (C=O) groups is 2. The Morgan fingerprint density at radius 1 is 0.968 bits per heavy atom. The Kier molecular flexibility index (Phi) is 5.97. The normalized spacial score (nSPS) is 14.0. The van der Waals surface area contributed by atoms with E-state index in [9.17, 15) is 14.4 Å². The van der Waals surface area contributed by atoms with Crippen molar-refractivity contribution in [1.82, 2.24) is 19.4 Å². The van der Waals surface area contributed by atoms with Gasteiger partial charge in [0.15, 0.2) is 0 Å². The molecule has 0 saturated carbocycles. The van der Waals surface area contributed by atoms with E-state index in [2.05, 4.69) is 4.98 Å². The molecule has 2 amide bonds. The quantitative estimate of drug-likeness (QED) is 0.622. The van der Waals surface area contributed by atoms with E-state index < -0.39 is 0 Å². The van der Waals surface area contributed by atoms with Crippen LogP contribution in [-0.4, -0.2) is 64.5 Å². The van der Waals surface area contributed by atoms with Gasteiger partial charge in [-0.1, -0.05) is 24.3 Å². The minimum atomic E-state index is -0.231. The molecule has 2 heterocycles. The van der Waals surface area contributed by atoms with E-state index in [1.165, 1.54) is 10.9 Å². The van der Waals surface area contributed by atoms with Gasteiger partial charge in [0.05, 0.1) is 30.8 Å². The highest BCUT2D eigenvalue weighted by molar-refractivity contribution is 5.81. The molecule has 0 unspecified atom stereocenters. The van der Waals surface area contributed by atoms with E-state index in [0.29, 0.717) is 43.5 Å². The van der Waals surface area contributed by atoms with Crippen molar-refractivity contribution < 1.29 is 14.3 Å². The first-order valence-corrected chi connectivity index (χ1v) is 10.2. The van der Waals surface area contributed by atoms with Gasteiger partial charge >= 0.3 is 0 Å². The molecule has 8 nitrogen and oxygen atoms in total. The molecule has 0 aliphatic carbocycles. The molecule has 1 aliphatic rings. The van der Waals surface area contributed by atoms with Crippen molar-refractivity contribution in [2.45, 2.75) is 13.0 Å². The smallest absolute Gasteiger partial charge is 0.261 e. The van der Waals surface area contributed by atoms with Gasteiger partial charge in [0, 0.05) is 26.2 Å². The highest BCUT2D eigenvalue weighted by Gasteiger charge is 2.24. The summed E-state index contributed by atoms with van der Waals surface area (Å²) in [6.07, 6.45) is 1.71. The lowest BCUT2D eigenvalue weighted by molar-refractivity contribution is -0.139. The van der Waals surface area contributed by atoms with E-state index >= 15 is 0 Å². The zero-order valence-electron chi connectivity index (χ0n) is 17.4. The number of piperazine rings is 1. The van der Waals surface area contributed by atoms with E-state index in [-0.39, 0.29) is 23.9 Å². The summed E-state index contributed by atoms with van der Waals surface area (Å²) in [5, 5.41) is 0.491. The SMILES string of the molecule is COc1cccc(CC(=O)N2CCN(C(=O)Cn3cnc4ccccc4c3=O)CC2)c1. The van der Waals surface area contributed by atoms with Crippen LogP contribution in [0.5, 0.6) is 5.75 Å². The van der Waals surface area contributed by atoms with E-state index in [1.807, 2.05) is 30.3 Å². The number of rotatable bonds is 5. The Morgan fingerprint density at radius 2 is 1.68 bits per heavy atom. The number of benzene rings is 2. The maximum atomic E-state index is 12.7. The van der Waals surface area contributed by atoms with Gasteiger partial charge in [-0.05, 0) is 29.8 Å². The molecule has 160 valence electrons. The van der Waals surface area contributed by atoms with Crippen LogP contribution in [0.15, 0.2) is 59.7 Å². The van der Waals surface area contributed by atoms with Crippen molar-refractivity contribution in [3.8, 4) is 5.75 Å². The van der Waals surface area contributed by atoms with Crippen molar-refractivity contribution in [1.29, 1.82) is 0 Å². The molecular formula is C23H24N4O4. The summed E-state index contributed by atoms with van der Waals surface area (Å²) in [5.41, 5.74) is 1.27. The number of aromatic nitrogens is 2. The first-order chi connectivity index (χ1) is 15.0. The average Bonchev–Trinajstić information content (AvgIpc) is 2.81. The van der Waals surface area contributed by atoms with Crippen LogP contribution in [0.2, 0.25) is 0 Å². The lowest BCUT2D eigenvalue weighted by Gasteiger charge is -2.35. The first kappa shape index (κ1) is 20.6. The Morgan fingerprint density at radius 3 is 2.42 bits per heavy atom. The van der Waals surface area contributed by atoms with Crippen LogP contribution in [0.25, 0.3) is 10.9 Å². The van der Waals surface area contributed by atoms with Crippen LogP contribution in [0.4, 0.5) is 0 Å². The zero-order chi connectivity index (χ0) is 21.8. The second-order valence-corrected chi connectivity index (χ2v) is 7.48. The summed E-state index contributed by atoms with van der Waals surface area (Å²) in [4.78, 5) is 45.7. The van der Waals surface area contributed by atoms with Crippen molar-refractivity contribution in [3.05, 3.63) is 70.8 Å². The number of amides is 2. The fourth-order valence-corrected chi connectivity index (χ4v) is 3.74. The van der Waals surface area contributed by atoms with Crippen molar-refractivity contribution in [2.24, 2.45) is 0 Å². The molecule has 31 heavy (non-hydrogen) atoms. The number of fused-ring (bicyclic) bond motifs is 1. The second kappa shape index (κ2) is 8.99. The lowest BCUT2D eigenvalue weighted by Crippen LogP contribution is -2.52. The molecule has 1 fully saturated rings. The molecule has 3 aromatic rings. The third kappa shape index (κ3) is 4.58. The summed E-state index contributed by atoms with van der Waals surface area (Å²) in [7, 11) is 1.60. The van der Waals surface area contributed by atoms with Gasteiger partial charge in [0.1, 0.15) is 12.3 Å². The zero-order valence-corrected chi connectivity index (χ0v) is 17.4. The summed E-state index contributed by atoms with van der Waals surface area (Å²) in [6.45, 7) is 1.77. The molecule has 0 N–H and O–H groups in total. The standard InChI is InChI=1S/C23H24N4O4/c1-31-18-6-4-5-17(13-18)14-21(28)25-9-11-26(12-10-25)22(29)15-27-16-24-20-8-3-2-7-19(20)23(27)30/h2-8,13,16H,9-12,14-15H2,1H3. The highest BCUT2D eigenvalue weighted by Crippen LogP contribution is 2.14. The van der Waals surface area contributed by atoms with Crippen molar-refractivity contribution >= 4 is 22.7 Å². The molecular weight excluding hydrogens is 396 g/mol. The average molecular weight is 420 g/mol. The number of para-hydroxylation sites is 1. The fraction of sp³-hybridized carbons (Fsp3) is 0.304. The summed E-state index contributed by atoms with van der Waals surface area (Å²) >= 11 is 0. The van der Waals surface area contributed by atoms with Gasteiger partial charge in [-0.3, -0.25) is 19.0 Å². The van der Waals surface area contributed by atoms with Crippen LogP contribution in [-0.2, 0) is 22.6 Å². The number of ether oxygens (including phenoxy) is 1. The van der Waals surface area contributed by atoms with Gasteiger partial charge in [-0.25, -0.2) is 4.98 Å². The van der Waals surface area contributed by atoms with E-state index in [1.54, 1.807) is 35.1 Å². The molecule has 0 radical (unpaired) electrons. The number of methoxy groups -OCH3 is 1. The Balaban J connectivity index is 1.34. The number of carbonyl (C=O) groups excluding carboxylic acids is 2. The summed E-state index contributed by atoms with van der Waals surface area (Å²) in [5.74, 6) is 0.591. The van der Waals surface area contributed by atoms with Gasteiger partial charge in [0.2, 0.25) is 11.8 Å². The molecule has 0 spiro atoms. The maximum Gasteiger partial charge on any atom is 0.261 e. The molecule has 4 rings (SSSR count). The monoisotopic (exact) mass is 420 g/mol. The maximum absolute atomic E-state index is 12.7. The Bertz CT molecular complexity index is 1170. The minimum absolute atomic E-state index is 0.0234. The lowest BCUT2D eigenvalue weighted by atomic mass is 10.1.